The highest BCUT2D eigenvalue weighted by Gasteiger charge is 2.25. The summed E-state index contributed by atoms with van der Waals surface area (Å²) in [7, 11) is 0. The van der Waals surface area contributed by atoms with E-state index in [-0.39, 0.29) is 11.8 Å². The number of piperidine rings is 1. The first-order valence-corrected chi connectivity index (χ1v) is 7.00. The monoisotopic (exact) mass is 251 g/mol. The number of rotatable bonds is 6. The van der Waals surface area contributed by atoms with Crippen LogP contribution in [-0.4, -0.2) is 37.0 Å². The molecule has 1 N–H and O–H groups in total. The fourth-order valence-electron chi connectivity index (χ4n) is 2.31. The molecule has 4 heteroatoms. The lowest BCUT2D eigenvalue weighted by Crippen LogP contribution is -2.43. The second kappa shape index (κ2) is 8.10. The van der Waals surface area contributed by atoms with Gasteiger partial charge in [-0.15, -0.1) is 0 Å². The zero-order chi connectivity index (χ0) is 13.4. The van der Waals surface area contributed by atoms with Crippen LogP contribution < -0.4 is 5.32 Å². The number of likely N-dealkylation sites (tertiary alicyclic amines) is 1. The van der Waals surface area contributed by atoms with Gasteiger partial charge in [0, 0.05) is 26.1 Å². The minimum absolute atomic E-state index is 0.115. The molecule has 1 heterocycles. The molecule has 1 fully saturated rings. The van der Waals surface area contributed by atoms with Gasteiger partial charge in [0.2, 0.25) is 5.91 Å². The van der Waals surface area contributed by atoms with E-state index in [9.17, 15) is 4.79 Å². The Morgan fingerprint density at radius 1 is 1.56 bits per heavy atom. The summed E-state index contributed by atoms with van der Waals surface area (Å²) in [6, 6.07) is 2.16. The van der Waals surface area contributed by atoms with Crippen LogP contribution in [0.1, 0.15) is 39.5 Å². The van der Waals surface area contributed by atoms with Gasteiger partial charge in [0.25, 0.3) is 0 Å². The second-order valence-corrected chi connectivity index (χ2v) is 5.52. The van der Waals surface area contributed by atoms with Crippen LogP contribution in [0.2, 0.25) is 0 Å². The number of hydrogen-bond acceptors (Lipinski definition) is 3. The maximum Gasteiger partial charge on any atom is 0.224 e. The summed E-state index contributed by atoms with van der Waals surface area (Å²) in [6.45, 7) is 7.75. The molecule has 1 rings (SSSR count). The van der Waals surface area contributed by atoms with Gasteiger partial charge in [-0.1, -0.05) is 13.8 Å². The number of carbonyl (C=O) groups excluding carboxylic acids is 1. The molecule has 1 aliphatic heterocycles. The van der Waals surface area contributed by atoms with Crippen LogP contribution in [-0.2, 0) is 4.79 Å². The number of nitrogens with zero attached hydrogens (tertiary/aromatic N) is 2. The fraction of sp³-hybridized carbons (Fsp3) is 0.857. The number of amides is 1. The molecule has 0 saturated carbocycles. The lowest BCUT2D eigenvalue weighted by atomic mass is 9.97. The van der Waals surface area contributed by atoms with Crippen molar-refractivity contribution in [3.05, 3.63) is 0 Å². The predicted molar refractivity (Wildman–Crippen MR) is 71.9 cm³/mol. The summed E-state index contributed by atoms with van der Waals surface area (Å²) in [5.41, 5.74) is 0. The first-order valence-electron chi connectivity index (χ1n) is 7.00. The number of nitriles is 1. The first kappa shape index (κ1) is 15.0. The third-order valence-corrected chi connectivity index (χ3v) is 3.44. The molecule has 0 bridgehead atoms. The van der Waals surface area contributed by atoms with E-state index in [1.54, 1.807) is 0 Å². The lowest BCUT2D eigenvalue weighted by molar-refractivity contribution is -0.126. The minimum Gasteiger partial charge on any atom is -0.356 e. The molecule has 0 aromatic carbocycles. The molecule has 1 atom stereocenters. The maximum absolute atomic E-state index is 12.0. The van der Waals surface area contributed by atoms with Crippen molar-refractivity contribution in [1.29, 1.82) is 5.26 Å². The fourth-order valence-corrected chi connectivity index (χ4v) is 2.31. The molecule has 1 unspecified atom stereocenters. The molecule has 0 aliphatic carbocycles. The Balaban J connectivity index is 2.27. The molecule has 1 aliphatic rings. The Bertz CT molecular complexity index is 296. The average molecular weight is 251 g/mol. The van der Waals surface area contributed by atoms with Gasteiger partial charge in [-0.2, -0.15) is 5.26 Å². The summed E-state index contributed by atoms with van der Waals surface area (Å²) in [4.78, 5) is 14.2. The van der Waals surface area contributed by atoms with Crippen molar-refractivity contribution >= 4 is 5.91 Å². The SMILES string of the molecule is CC(C)CCNC(=O)C1CCCN(CCC#N)C1. The molecule has 18 heavy (non-hydrogen) atoms. The molecule has 0 aromatic rings. The Hall–Kier alpha value is -1.08. The first-order chi connectivity index (χ1) is 8.63. The molecule has 0 aromatic heterocycles. The Morgan fingerprint density at radius 2 is 2.33 bits per heavy atom. The quantitative estimate of drug-likeness (QED) is 0.783. The summed E-state index contributed by atoms with van der Waals surface area (Å²) < 4.78 is 0. The van der Waals surface area contributed by atoms with Crippen LogP contribution >= 0.6 is 0 Å². The van der Waals surface area contributed by atoms with E-state index in [2.05, 4.69) is 30.1 Å². The van der Waals surface area contributed by atoms with E-state index in [0.717, 1.165) is 45.4 Å². The van der Waals surface area contributed by atoms with E-state index in [4.69, 9.17) is 5.26 Å². The van der Waals surface area contributed by atoms with Gasteiger partial charge >= 0.3 is 0 Å². The van der Waals surface area contributed by atoms with E-state index in [1.807, 2.05) is 0 Å². The minimum atomic E-state index is 0.115. The molecule has 4 nitrogen and oxygen atoms in total. The van der Waals surface area contributed by atoms with Gasteiger partial charge in [0.05, 0.1) is 12.0 Å². The highest BCUT2D eigenvalue weighted by atomic mass is 16.1. The summed E-state index contributed by atoms with van der Waals surface area (Å²) in [5.74, 6) is 0.936. The molecule has 1 saturated heterocycles. The van der Waals surface area contributed by atoms with Gasteiger partial charge in [-0.3, -0.25) is 4.79 Å². The van der Waals surface area contributed by atoms with Crippen LogP contribution in [0.15, 0.2) is 0 Å². The van der Waals surface area contributed by atoms with Crippen LogP contribution in [0, 0.1) is 23.2 Å². The van der Waals surface area contributed by atoms with E-state index >= 15 is 0 Å². The Labute approximate surface area is 110 Å². The Kier molecular flexibility index (Phi) is 6.74. The zero-order valence-corrected chi connectivity index (χ0v) is 11.6. The van der Waals surface area contributed by atoms with Crippen molar-refractivity contribution in [2.75, 3.05) is 26.2 Å². The highest BCUT2D eigenvalue weighted by molar-refractivity contribution is 5.78. The van der Waals surface area contributed by atoms with E-state index in [1.165, 1.54) is 0 Å². The van der Waals surface area contributed by atoms with Crippen LogP contribution in [0.25, 0.3) is 0 Å². The summed E-state index contributed by atoms with van der Waals surface area (Å²) in [6.07, 6.45) is 3.64. The second-order valence-electron chi connectivity index (χ2n) is 5.52. The number of carbonyl (C=O) groups is 1. The van der Waals surface area contributed by atoms with Gasteiger partial charge < -0.3 is 10.2 Å². The number of nitrogens with one attached hydrogen (secondary N) is 1. The van der Waals surface area contributed by atoms with Crippen molar-refractivity contribution in [2.24, 2.45) is 11.8 Å². The smallest absolute Gasteiger partial charge is 0.224 e. The van der Waals surface area contributed by atoms with E-state index < -0.39 is 0 Å². The summed E-state index contributed by atoms with van der Waals surface area (Å²) >= 11 is 0. The zero-order valence-electron chi connectivity index (χ0n) is 11.6. The number of hydrogen-bond donors (Lipinski definition) is 1. The van der Waals surface area contributed by atoms with Gasteiger partial charge in [0.1, 0.15) is 0 Å². The third kappa shape index (κ3) is 5.50. The normalized spacial score (nSPS) is 20.7. The Morgan fingerprint density at radius 3 is 3.00 bits per heavy atom. The molecular formula is C14H25N3O. The standard InChI is InChI=1S/C14H25N3O/c1-12(2)6-8-16-14(18)13-5-3-9-17(11-13)10-4-7-15/h12-13H,3-6,8-11H2,1-2H3,(H,16,18). The maximum atomic E-state index is 12.0. The van der Waals surface area contributed by atoms with Gasteiger partial charge in [-0.25, -0.2) is 0 Å². The predicted octanol–water partition coefficient (Wildman–Crippen LogP) is 1.77. The molecule has 0 radical (unpaired) electrons. The van der Waals surface area contributed by atoms with Crippen molar-refractivity contribution in [1.82, 2.24) is 10.2 Å². The summed E-state index contributed by atoms with van der Waals surface area (Å²) in [5, 5.41) is 11.6. The van der Waals surface area contributed by atoms with Gasteiger partial charge in [0.15, 0.2) is 0 Å². The average Bonchev–Trinajstić information content (AvgIpc) is 2.36. The van der Waals surface area contributed by atoms with Crippen LogP contribution in [0.4, 0.5) is 0 Å². The van der Waals surface area contributed by atoms with Gasteiger partial charge in [-0.05, 0) is 31.7 Å². The lowest BCUT2D eigenvalue weighted by Gasteiger charge is -2.31. The topological polar surface area (TPSA) is 56.1 Å². The van der Waals surface area contributed by atoms with Crippen molar-refractivity contribution in [2.45, 2.75) is 39.5 Å². The third-order valence-electron chi connectivity index (χ3n) is 3.44. The van der Waals surface area contributed by atoms with Crippen molar-refractivity contribution in [3.8, 4) is 6.07 Å². The molecule has 0 spiro atoms. The van der Waals surface area contributed by atoms with Crippen LogP contribution in [0.5, 0.6) is 0 Å². The van der Waals surface area contributed by atoms with Crippen molar-refractivity contribution < 1.29 is 4.79 Å². The van der Waals surface area contributed by atoms with Crippen molar-refractivity contribution in [3.63, 3.8) is 0 Å². The van der Waals surface area contributed by atoms with E-state index in [0.29, 0.717) is 12.3 Å². The van der Waals surface area contributed by atoms with Crippen LogP contribution in [0.3, 0.4) is 0 Å². The largest absolute Gasteiger partial charge is 0.356 e. The highest BCUT2D eigenvalue weighted by Crippen LogP contribution is 2.16. The molecule has 102 valence electrons. The molecular weight excluding hydrogens is 226 g/mol. The molecule has 1 amide bonds.